The Morgan fingerprint density at radius 3 is 2.79 bits per heavy atom. The average molecular weight is 250 g/mol. The van der Waals surface area contributed by atoms with E-state index >= 15 is 0 Å². The SMILES string of the molecule is Cc1nc2ccccc2c2nnc(-c3ccco3)n12. The average Bonchev–Trinajstić information content (AvgIpc) is 3.08. The zero-order valence-electron chi connectivity index (χ0n) is 10.2. The predicted molar refractivity (Wildman–Crippen MR) is 70.7 cm³/mol. The van der Waals surface area contributed by atoms with Crippen LogP contribution in [0.1, 0.15) is 5.82 Å². The standard InChI is InChI=1S/C14H10N4O/c1-9-15-11-6-3-2-5-10(11)13-16-17-14(18(9)13)12-7-4-8-19-12/h2-8H,1H3. The minimum atomic E-state index is 0.677. The van der Waals surface area contributed by atoms with Gasteiger partial charge in [0.25, 0.3) is 0 Å². The summed E-state index contributed by atoms with van der Waals surface area (Å²) in [4.78, 5) is 4.59. The number of benzene rings is 1. The lowest BCUT2D eigenvalue weighted by Gasteiger charge is -2.04. The van der Waals surface area contributed by atoms with Gasteiger partial charge in [-0.15, -0.1) is 10.2 Å². The van der Waals surface area contributed by atoms with Crippen molar-refractivity contribution in [1.29, 1.82) is 0 Å². The monoisotopic (exact) mass is 250 g/mol. The summed E-state index contributed by atoms with van der Waals surface area (Å²) in [5, 5.41) is 9.49. The van der Waals surface area contributed by atoms with Gasteiger partial charge in [0.15, 0.2) is 11.4 Å². The predicted octanol–water partition coefficient (Wildman–Crippen LogP) is 2.85. The van der Waals surface area contributed by atoms with E-state index in [1.54, 1.807) is 6.26 Å². The lowest BCUT2D eigenvalue weighted by molar-refractivity contribution is 0.576. The van der Waals surface area contributed by atoms with Crippen LogP contribution >= 0.6 is 0 Å². The van der Waals surface area contributed by atoms with Crippen LogP contribution in [-0.4, -0.2) is 19.6 Å². The van der Waals surface area contributed by atoms with Crippen LogP contribution in [-0.2, 0) is 0 Å². The number of hydrogen-bond acceptors (Lipinski definition) is 4. The Morgan fingerprint density at radius 1 is 1.05 bits per heavy atom. The first kappa shape index (κ1) is 10.3. The second-order valence-corrected chi connectivity index (χ2v) is 4.34. The number of rotatable bonds is 1. The molecule has 0 amide bonds. The van der Waals surface area contributed by atoms with Gasteiger partial charge in [-0.3, -0.25) is 4.40 Å². The normalized spacial score (nSPS) is 11.4. The van der Waals surface area contributed by atoms with Crippen molar-refractivity contribution in [3.8, 4) is 11.6 Å². The third kappa shape index (κ3) is 1.38. The van der Waals surface area contributed by atoms with Gasteiger partial charge in [0.05, 0.1) is 11.8 Å². The van der Waals surface area contributed by atoms with Crippen molar-refractivity contribution in [2.75, 3.05) is 0 Å². The molecule has 1 aromatic carbocycles. The molecule has 0 aliphatic rings. The van der Waals surface area contributed by atoms with Crippen LogP contribution < -0.4 is 0 Å². The van der Waals surface area contributed by atoms with Crippen molar-refractivity contribution < 1.29 is 4.42 Å². The molecule has 4 aromatic rings. The third-order valence-electron chi connectivity index (χ3n) is 3.16. The highest BCUT2D eigenvalue weighted by Gasteiger charge is 2.15. The third-order valence-corrected chi connectivity index (χ3v) is 3.16. The maximum atomic E-state index is 5.40. The molecule has 0 spiro atoms. The minimum Gasteiger partial charge on any atom is -0.461 e. The molecule has 0 saturated heterocycles. The van der Waals surface area contributed by atoms with E-state index in [1.807, 2.05) is 47.7 Å². The first-order chi connectivity index (χ1) is 9.34. The van der Waals surface area contributed by atoms with Crippen molar-refractivity contribution >= 4 is 16.6 Å². The molecule has 0 N–H and O–H groups in total. The lowest BCUT2D eigenvalue weighted by Crippen LogP contribution is -1.98. The highest BCUT2D eigenvalue weighted by molar-refractivity contribution is 5.91. The molecule has 19 heavy (non-hydrogen) atoms. The summed E-state index contributed by atoms with van der Waals surface area (Å²) in [6.45, 7) is 1.94. The maximum absolute atomic E-state index is 5.40. The number of para-hydroxylation sites is 1. The van der Waals surface area contributed by atoms with E-state index in [-0.39, 0.29) is 0 Å². The van der Waals surface area contributed by atoms with Crippen LogP contribution in [0.3, 0.4) is 0 Å². The van der Waals surface area contributed by atoms with Gasteiger partial charge in [-0.25, -0.2) is 4.98 Å². The highest BCUT2D eigenvalue weighted by atomic mass is 16.3. The van der Waals surface area contributed by atoms with E-state index in [1.165, 1.54) is 0 Å². The molecular weight excluding hydrogens is 240 g/mol. The lowest BCUT2D eigenvalue weighted by atomic mass is 10.2. The number of aromatic nitrogens is 4. The van der Waals surface area contributed by atoms with Crippen LogP contribution in [0.5, 0.6) is 0 Å². The van der Waals surface area contributed by atoms with Crippen LogP contribution in [0.2, 0.25) is 0 Å². The highest BCUT2D eigenvalue weighted by Crippen LogP contribution is 2.24. The molecule has 0 unspecified atom stereocenters. The molecule has 92 valence electrons. The molecule has 0 aliphatic heterocycles. The molecule has 4 rings (SSSR count). The first-order valence-electron chi connectivity index (χ1n) is 5.99. The van der Waals surface area contributed by atoms with Gasteiger partial charge >= 0.3 is 0 Å². The summed E-state index contributed by atoms with van der Waals surface area (Å²) in [6, 6.07) is 11.6. The van der Waals surface area contributed by atoms with Gasteiger partial charge in [0, 0.05) is 5.39 Å². The molecule has 0 bridgehead atoms. The molecule has 0 fully saturated rings. The van der Waals surface area contributed by atoms with Crippen LogP contribution in [0.4, 0.5) is 0 Å². The Bertz CT molecular complexity index is 877. The summed E-state index contributed by atoms with van der Waals surface area (Å²) < 4.78 is 7.32. The number of fused-ring (bicyclic) bond motifs is 3. The van der Waals surface area contributed by atoms with E-state index in [0.29, 0.717) is 11.6 Å². The minimum absolute atomic E-state index is 0.677. The summed E-state index contributed by atoms with van der Waals surface area (Å²) in [5.74, 6) is 2.20. The molecule has 0 atom stereocenters. The van der Waals surface area contributed by atoms with Crippen molar-refractivity contribution in [1.82, 2.24) is 19.6 Å². The topological polar surface area (TPSA) is 56.2 Å². The van der Waals surface area contributed by atoms with E-state index < -0.39 is 0 Å². The van der Waals surface area contributed by atoms with Gasteiger partial charge in [-0.1, -0.05) is 12.1 Å². The van der Waals surface area contributed by atoms with Crippen molar-refractivity contribution in [3.63, 3.8) is 0 Å². The van der Waals surface area contributed by atoms with Crippen molar-refractivity contribution in [2.24, 2.45) is 0 Å². The molecule has 3 heterocycles. The van der Waals surface area contributed by atoms with Gasteiger partial charge in [0.1, 0.15) is 5.82 Å². The zero-order valence-corrected chi connectivity index (χ0v) is 10.2. The Morgan fingerprint density at radius 2 is 1.95 bits per heavy atom. The van der Waals surface area contributed by atoms with E-state index in [4.69, 9.17) is 4.42 Å². The molecule has 5 nitrogen and oxygen atoms in total. The van der Waals surface area contributed by atoms with Crippen molar-refractivity contribution in [2.45, 2.75) is 6.92 Å². The zero-order chi connectivity index (χ0) is 12.8. The second kappa shape index (κ2) is 3.65. The Balaban J connectivity index is 2.17. The molecular formula is C14H10N4O. The van der Waals surface area contributed by atoms with E-state index in [2.05, 4.69) is 15.2 Å². The van der Waals surface area contributed by atoms with Gasteiger partial charge in [-0.05, 0) is 31.2 Å². The fourth-order valence-corrected chi connectivity index (χ4v) is 2.32. The maximum Gasteiger partial charge on any atom is 0.205 e. The Kier molecular flexibility index (Phi) is 1.97. The van der Waals surface area contributed by atoms with Crippen LogP contribution in [0.25, 0.3) is 28.1 Å². The molecule has 0 aliphatic carbocycles. The Hall–Kier alpha value is -2.69. The van der Waals surface area contributed by atoms with Crippen LogP contribution in [0, 0.1) is 6.92 Å². The smallest absolute Gasteiger partial charge is 0.205 e. The summed E-state index contributed by atoms with van der Waals surface area (Å²) in [5.41, 5.74) is 1.72. The number of nitrogens with zero attached hydrogens (tertiary/aromatic N) is 4. The molecule has 5 heteroatoms. The molecule has 3 aromatic heterocycles. The second-order valence-electron chi connectivity index (χ2n) is 4.34. The largest absolute Gasteiger partial charge is 0.461 e. The van der Waals surface area contributed by atoms with Crippen molar-refractivity contribution in [3.05, 3.63) is 48.5 Å². The Labute approximate surface area is 108 Å². The number of hydrogen-bond donors (Lipinski definition) is 0. The summed E-state index contributed by atoms with van der Waals surface area (Å²) in [7, 11) is 0. The molecule has 0 radical (unpaired) electrons. The quantitative estimate of drug-likeness (QED) is 0.521. The fourth-order valence-electron chi connectivity index (χ4n) is 2.32. The van der Waals surface area contributed by atoms with E-state index in [9.17, 15) is 0 Å². The number of furan rings is 1. The fraction of sp³-hybridized carbons (Fsp3) is 0.0714. The first-order valence-corrected chi connectivity index (χ1v) is 5.99. The van der Waals surface area contributed by atoms with Gasteiger partial charge < -0.3 is 4.42 Å². The van der Waals surface area contributed by atoms with Gasteiger partial charge in [0.2, 0.25) is 5.82 Å². The number of aryl methyl sites for hydroxylation is 1. The van der Waals surface area contributed by atoms with E-state index in [0.717, 1.165) is 22.4 Å². The summed E-state index contributed by atoms with van der Waals surface area (Å²) >= 11 is 0. The van der Waals surface area contributed by atoms with Crippen LogP contribution in [0.15, 0.2) is 47.1 Å². The molecule has 0 saturated carbocycles. The van der Waals surface area contributed by atoms with Gasteiger partial charge in [-0.2, -0.15) is 0 Å². The summed E-state index contributed by atoms with van der Waals surface area (Å²) in [6.07, 6.45) is 1.63.